The lowest BCUT2D eigenvalue weighted by Crippen LogP contribution is -1.92. The van der Waals surface area contributed by atoms with Crippen LogP contribution in [0.2, 0.25) is 0 Å². The Morgan fingerprint density at radius 3 is 2.60 bits per heavy atom. The lowest BCUT2D eigenvalue weighted by molar-refractivity contribution is 1.19. The van der Waals surface area contributed by atoms with Crippen LogP contribution in [0.3, 0.4) is 0 Å². The molecule has 1 aromatic heterocycles. The molecule has 4 N–H and O–H groups in total. The Balaban J connectivity index is 2.89. The minimum atomic E-state index is 0.411. The van der Waals surface area contributed by atoms with Crippen LogP contribution in [0.25, 0.3) is 6.08 Å². The molecule has 0 atom stereocenters. The fraction of sp³-hybridized carbons (Fsp3) is 0. The highest BCUT2D eigenvalue weighted by Gasteiger charge is 1.86. The summed E-state index contributed by atoms with van der Waals surface area (Å²) in [6, 6.07) is 0. The molecule has 0 unspecified atom stereocenters. The van der Waals surface area contributed by atoms with Crippen molar-refractivity contribution < 1.29 is 0 Å². The van der Waals surface area contributed by atoms with Crippen molar-refractivity contribution in [1.29, 1.82) is 0 Å². The average Bonchev–Trinajstić information content (AvgIpc) is 1.95. The molecule has 4 nitrogen and oxygen atoms in total. The number of rotatable bonds is 1. The van der Waals surface area contributed by atoms with Gasteiger partial charge in [0.1, 0.15) is 5.82 Å². The van der Waals surface area contributed by atoms with Crippen LogP contribution in [0.4, 0.5) is 5.82 Å². The van der Waals surface area contributed by atoms with E-state index in [-0.39, 0.29) is 0 Å². The van der Waals surface area contributed by atoms with Crippen molar-refractivity contribution in [3.63, 3.8) is 0 Å². The van der Waals surface area contributed by atoms with Crippen LogP contribution in [0.1, 0.15) is 5.69 Å². The Labute approximate surface area is 58.6 Å². The van der Waals surface area contributed by atoms with Crippen molar-refractivity contribution in [3.05, 3.63) is 24.3 Å². The summed E-state index contributed by atoms with van der Waals surface area (Å²) in [5.41, 5.74) is 11.1. The van der Waals surface area contributed by atoms with E-state index in [9.17, 15) is 0 Å². The van der Waals surface area contributed by atoms with E-state index >= 15 is 0 Å². The van der Waals surface area contributed by atoms with Gasteiger partial charge in [-0.1, -0.05) is 0 Å². The second kappa shape index (κ2) is 2.82. The number of nitrogens with two attached hydrogens (primary N) is 2. The van der Waals surface area contributed by atoms with Crippen LogP contribution >= 0.6 is 0 Å². The molecule has 4 heteroatoms. The molecule has 0 saturated heterocycles. The predicted octanol–water partition coefficient (Wildman–Crippen LogP) is -0.0118. The molecule has 0 radical (unpaired) electrons. The van der Waals surface area contributed by atoms with E-state index in [0.29, 0.717) is 11.5 Å². The molecular formula is C6H8N4. The van der Waals surface area contributed by atoms with Crippen molar-refractivity contribution in [2.24, 2.45) is 5.73 Å². The molecular weight excluding hydrogens is 128 g/mol. The highest BCUT2D eigenvalue weighted by atomic mass is 14.9. The van der Waals surface area contributed by atoms with Gasteiger partial charge in [-0.25, -0.2) is 4.98 Å². The maximum Gasteiger partial charge on any atom is 0.141 e. The van der Waals surface area contributed by atoms with E-state index in [2.05, 4.69) is 9.97 Å². The quantitative estimate of drug-likeness (QED) is 0.569. The van der Waals surface area contributed by atoms with Crippen LogP contribution in [0.5, 0.6) is 0 Å². The SMILES string of the molecule is N/C=C/c1cnc(N)cn1. The summed E-state index contributed by atoms with van der Waals surface area (Å²) in [6.07, 6.45) is 6.08. The van der Waals surface area contributed by atoms with E-state index in [1.54, 1.807) is 12.3 Å². The van der Waals surface area contributed by atoms with E-state index in [4.69, 9.17) is 11.5 Å². The fourth-order valence-corrected chi connectivity index (χ4v) is 0.533. The van der Waals surface area contributed by atoms with Crippen molar-refractivity contribution in [2.75, 3.05) is 5.73 Å². The summed E-state index contributed by atoms with van der Waals surface area (Å²) in [7, 11) is 0. The van der Waals surface area contributed by atoms with Gasteiger partial charge < -0.3 is 11.5 Å². The molecule has 0 aliphatic carbocycles. The average molecular weight is 136 g/mol. The number of anilines is 1. The van der Waals surface area contributed by atoms with E-state index in [0.717, 1.165) is 0 Å². The maximum atomic E-state index is 5.29. The van der Waals surface area contributed by atoms with Gasteiger partial charge in [-0.3, -0.25) is 4.98 Å². The minimum Gasteiger partial charge on any atom is -0.405 e. The third-order valence-corrected chi connectivity index (χ3v) is 0.959. The molecule has 0 amide bonds. The number of hydrogen-bond acceptors (Lipinski definition) is 4. The predicted molar refractivity (Wildman–Crippen MR) is 39.7 cm³/mol. The number of nitrogen functional groups attached to an aromatic ring is 1. The van der Waals surface area contributed by atoms with E-state index in [1.807, 2.05) is 0 Å². The zero-order chi connectivity index (χ0) is 7.40. The standard InChI is InChI=1S/C6H8N4/c7-2-1-5-3-10-6(8)4-9-5/h1-4H,7H2,(H2,8,10)/b2-1+. The summed E-state index contributed by atoms with van der Waals surface area (Å²) >= 11 is 0. The van der Waals surface area contributed by atoms with Gasteiger partial charge in [0.25, 0.3) is 0 Å². The molecule has 0 fully saturated rings. The largest absolute Gasteiger partial charge is 0.405 e. The Bertz CT molecular complexity index is 226. The molecule has 1 aromatic rings. The molecule has 0 saturated carbocycles. The van der Waals surface area contributed by atoms with E-state index < -0.39 is 0 Å². The van der Waals surface area contributed by atoms with Gasteiger partial charge >= 0.3 is 0 Å². The summed E-state index contributed by atoms with van der Waals surface area (Å²) in [4.78, 5) is 7.72. The lowest BCUT2D eigenvalue weighted by Gasteiger charge is -1.90. The van der Waals surface area contributed by atoms with Gasteiger partial charge in [-0.05, 0) is 12.3 Å². The zero-order valence-electron chi connectivity index (χ0n) is 5.36. The monoisotopic (exact) mass is 136 g/mol. The van der Waals surface area contributed by atoms with Crippen molar-refractivity contribution in [1.82, 2.24) is 9.97 Å². The van der Waals surface area contributed by atoms with Gasteiger partial charge in [-0.15, -0.1) is 0 Å². The third-order valence-electron chi connectivity index (χ3n) is 0.959. The molecule has 0 bridgehead atoms. The summed E-state index contributed by atoms with van der Waals surface area (Å²) in [5.74, 6) is 0.411. The summed E-state index contributed by atoms with van der Waals surface area (Å²) in [6.45, 7) is 0. The van der Waals surface area contributed by atoms with Crippen LogP contribution in [-0.4, -0.2) is 9.97 Å². The van der Waals surface area contributed by atoms with Crippen LogP contribution in [0, 0.1) is 0 Å². The van der Waals surface area contributed by atoms with Crippen molar-refractivity contribution in [3.8, 4) is 0 Å². The highest BCUT2D eigenvalue weighted by molar-refractivity contribution is 5.43. The third kappa shape index (κ3) is 1.45. The molecule has 10 heavy (non-hydrogen) atoms. The number of aromatic nitrogens is 2. The summed E-state index contributed by atoms with van der Waals surface area (Å²) in [5, 5.41) is 0. The van der Waals surface area contributed by atoms with Gasteiger partial charge in [0.2, 0.25) is 0 Å². The van der Waals surface area contributed by atoms with Crippen LogP contribution in [0.15, 0.2) is 18.6 Å². The normalized spacial score (nSPS) is 10.4. The van der Waals surface area contributed by atoms with Gasteiger partial charge in [0.05, 0.1) is 18.1 Å². The zero-order valence-corrected chi connectivity index (χ0v) is 5.36. The Hall–Kier alpha value is -1.58. The Morgan fingerprint density at radius 1 is 1.30 bits per heavy atom. The Kier molecular flexibility index (Phi) is 1.84. The lowest BCUT2D eigenvalue weighted by atomic mass is 10.4. The first kappa shape index (κ1) is 6.54. The van der Waals surface area contributed by atoms with Gasteiger partial charge in [-0.2, -0.15) is 0 Å². The number of nitrogens with zero attached hydrogens (tertiary/aromatic N) is 2. The minimum absolute atomic E-state index is 0.411. The van der Waals surface area contributed by atoms with E-state index in [1.165, 1.54) is 12.4 Å². The topological polar surface area (TPSA) is 77.8 Å². The van der Waals surface area contributed by atoms with Crippen LogP contribution in [-0.2, 0) is 0 Å². The molecule has 0 spiro atoms. The van der Waals surface area contributed by atoms with Gasteiger partial charge in [0.15, 0.2) is 0 Å². The first-order valence-corrected chi connectivity index (χ1v) is 2.78. The molecule has 52 valence electrons. The second-order valence-corrected chi connectivity index (χ2v) is 1.73. The van der Waals surface area contributed by atoms with Crippen LogP contribution < -0.4 is 11.5 Å². The molecule has 0 aliphatic rings. The highest BCUT2D eigenvalue weighted by Crippen LogP contribution is 1.96. The second-order valence-electron chi connectivity index (χ2n) is 1.73. The van der Waals surface area contributed by atoms with Gasteiger partial charge in [0, 0.05) is 0 Å². The first-order chi connectivity index (χ1) is 4.83. The molecule has 1 heterocycles. The molecule has 0 aromatic carbocycles. The first-order valence-electron chi connectivity index (χ1n) is 2.78. The molecule has 1 rings (SSSR count). The van der Waals surface area contributed by atoms with Crippen molar-refractivity contribution >= 4 is 11.9 Å². The number of hydrogen-bond donors (Lipinski definition) is 2. The summed E-state index contributed by atoms with van der Waals surface area (Å²) < 4.78 is 0. The molecule has 0 aliphatic heterocycles. The fourth-order valence-electron chi connectivity index (χ4n) is 0.533. The smallest absolute Gasteiger partial charge is 0.141 e. The maximum absolute atomic E-state index is 5.29. The van der Waals surface area contributed by atoms with Crippen molar-refractivity contribution in [2.45, 2.75) is 0 Å². The Morgan fingerprint density at radius 2 is 2.10 bits per heavy atom.